The van der Waals surface area contributed by atoms with E-state index in [-0.39, 0.29) is 5.69 Å². The SMILES string of the molecule is C[C@@H](OC(=O)CNC(=O)c1cc(Cl)ccn1)C(=O)Nc1cccc(Cl)c1. The maximum absolute atomic E-state index is 12.0. The highest BCUT2D eigenvalue weighted by molar-refractivity contribution is 6.31. The summed E-state index contributed by atoms with van der Waals surface area (Å²) < 4.78 is 4.98. The molecule has 0 radical (unpaired) electrons. The maximum Gasteiger partial charge on any atom is 0.326 e. The lowest BCUT2D eigenvalue weighted by atomic mass is 10.3. The molecule has 1 aromatic heterocycles. The van der Waals surface area contributed by atoms with Crippen LogP contribution in [-0.4, -0.2) is 35.4 Å². The number of hydrogen-bond acceptors (Lipinski definition) is 5. The number of amides is 2. The lowest BCUT2D eigenvalue weighted by Gasteiger charge is -2.14. The number of pyridine rings is 1. The standard InChI is InChI=1S/C17H15Cl2N3O4/c1-10(16(24)22-13-4-2-3-11(18)7-13)26-15(23)9-21-17(25)14-8-12(19)5-6-20-14/h2-8,10H,9H2,1H3,(H,21,25)(H,22,24)/t10-/m1/s1. The van der Waals surface area contributed by atoms with Gasteiger partial charge in [-0.3, -0.25) is 19.4 Å². The van der Waals surface area contributed by atoms with Gasteiger partial charge in [0.05, 0.1) is 0 Å². The van der Waals surface area contributed by atoms with Gasteiger partial charge in [-0.05, 0) is 37.3 Å². The number of rotatable bonds is 6. The van der Waals surface area contributed by atoms with Crippen molar-refractivity contribution in [2.24, 2.45) is 0 Å². The van der Waals surface area contributed by atoms with Crippen LogP contribution in [0.3, 0.4) is 0 Å². The molecule has 7 nitrogen and oxygen atoms in total. The van der Waals surface area contributed by atoms with Crippen molar-refractivity contribution in [3.8, 4) is 0 Å². The van der Waals surface area contributed by atoms with Crippen LogP contribution < -0.4 is 10.6 Å². The highest BCUT2D eigenvalue weighted by Crippen LogP contribution is 2.15. The molecule has 26 heavy (non-hydrogen) atoms. The zero-order valence-electron chi connectivity index (χ0n) is 13.7. The number of carbonyl (C=O) groups is 3. The fourth-order valence-electron chi connectivity index (χ4n) is 1.87. The number of anilines is 1. The molecule has 0 spiro atoms. The molecule has 1 heterocycles. The predicted octanol–water partition coefficient (Wildman–Crippen LogP) is 2.69. The Balaban J connectivity index is 1.81. The molecule has 0 saturated heterocycles. The van der Waals surface area contributed by atoms with Crippen LogP contribution in [0.25, 0.3) is 0 Å². The molecule has 0 bridgehead atoms. The lowest BCUT2D eigenvalue weighted by Crippen LogP contribution is -2.36. The number of aromatic nitrogens is 1. The van der Waals surface area contributed by atoms with Crippen LogP contribution in [0, 0.1) is 0 Å². The van der Waals surface area contributed by atoms with Crippen molar-refractivity contribution < 1.29 is 19.1 Å². The van der Waals surface area contributed by atoms with Crippen LogP contribution >= 0.6 is 23.2 Å². The topological polar surface area (TPSA) is 97.4 Å². The van der Waals surface area contributed by atoms with Crippen molar-refractivity contribution in [3.63, 3.8) is 0 Å². The summed E-state index contributed by atoms with van der Waals surface area (Å²) in [6.45, 7) is 1.000. The molecule has 2 aromatic rings. The van der Waals surface area contributed by atoms with E-state index >= 15 is 0 Å². The first-order valence-electron chi connectivity index (χ1n) is 7.51. The average molecular weight is 396 g/mol. The van der Waals surface area contributed by atoms with Crippen molar-refractivity contribution in [1.29, 1.82) is 0 Å². The van der Waals surface area contributed by atoms with E-state index in [4.69, 9.17) is 27.9 Å². The van der Waals surface area contributed by atoms with Gasteiger partial charge in [0.25, 0.3) is 11.8 Å². The lowest BCUT2D eigenvalue weighted by molar-refractivity contribution is -0.152. The molecule has 2 rings (SSSR count). The van der Waals surface area contributed by atoms with E-state index in [2.05, 4.69) is 15.6 Å². The summed E-state index contributed by atoms with van der Waals surface area (Å²) in [7, 11) is 0. The summed E-state index contributed by atoms with van der Waals surface area (Å²) in [5, 5.41) is 5.72. The number of benzene rings is 1. The van der Waals surface area contributed by atoms with E-state index < -0.39 is 30.4 Å². The number of nitrogens with zero attached hydrogens (tertiary/aromatic N) is 1. The Morgan fingerprint density at radius 2 is 1.88 bits per heavy atom. The first kappa shape index (κ1) is 19.7. The van der Waals surface area contributed by atoms with E-state index in [1.165, 1.54) is 25.3 Å². The molecule has 9 heteroatoms. The van der Waals surface area contributed by atoms with Gasteiger partial charge in [0.2, 0.25) is 0 Å². The molecular weight excluding hydrogens is 381 g/mol. The first-order chi connectivity index (χ1) is 12.3. The highest BCUT2D eigenvalue weighted by atomic mass is 35.5. The molecule has 1 atom stereocenters. The van der Waals surface area contributed by atoms with Gasteiger partial charge >= 0.3 is 5.97 Å². The van der Waals surface area contributed by atoms with Crippen LogP contribution in [0.15, 0.2) is 42.6 Å². The third kappa shape index (κ3) is 6.02. The number of ether oxygens (including phenoxy) is 1. The number of halogens is 2. The van der Waals surface area contributed by atoms with Gasteiger partial charge in [-0.1, -0.05) is 29.3 Å². The number of nitrogens with one attached hydrogen (secondary N) is 2. The maximum atomic E-state index is 12.0. The molecule has 1 aromatic carbocycles. The minimum Gasteiger partial charge on any atom is -0.451 e. The summed E-state index contributed by atoms with van der Waals surface area (Å²) in [4.78, 5) is 39.5. The van der Waals surface area contributed by atoms with E-state index in [1.807, 2.05) is 0 Å². The van der Waals surface area contributed by atoms with E-state index in [9.17, 15) is 14.4 Å². The Bertz CT molecular complexity index is 829. The molecule has 0 aliphatic carbocycles. The van der Waals surface area contributed by atoms with Gasteiger partial charge in [-0.15, -0.1) is 0 Å². The van der Waals surface area contributed by atoms with Gasteiger partial charge in [0.1, 0.15) is 12.2 Å². The monoisotopic (exact) mass is 395 g/mol. The molecule has 0 aliphatic rings. The zero-order valence-corrected chi connectivity index (χ0v) is 15.2. The minimum atomic E-state index is -1.05. The van der Waals surface area contributed by atoms with Gasteiger partial charge in [0.15, 0.2) is 6.10 Å². The van der Waals surface area contributed by atoms with Crippen LogP contribution in [0.2, 0.25) is 10.0 Å². The summed E-state index contributed by atoms with van der Waals surface area (Å²) in [5.41, 5.74) is 0.544. The van der Waals surface area contributed by atoms with Crippen molar-refractivity contribution in [2.75, 3.05) is 11.9 Å². The van der Waals surface area contributed by atoms with Crippen LogP contribution in [0.5, 0.6) is 0 Å². The van der Waals surface area contributed by atoms with Crippen molar-refractivity contribution >= 4 is 46.7 Å². The molecule has 2 N–H and O–H groups in total. The Kier molecular flexibility index (Phi) is 6.94. The molecule has 0 saturated carbocycles. The minimum absolute atomic E-state index is 0.0667. The normalized spacial score (nSPS) is 11.3. The molecule has 0 aliphatic heterocycles. The fraction of sp³-hybridized carbons (Fsp3) is 0.176. The summed E-state index contributed by atoms with van der Waals surface area (Å²) in [6.07, 6.45) is 0.320. The third-order valence-electron chi connectivity index (χ3n) is 3.12. The van der Waals surface area contributed by atoms with E-state index in [1.54, 1.807) is 24.3 Å². The Hall–Kier alpha value is -2.64. The largest absolute Gasteiger partial charge is 0.451 e. The second kappa shape index (κ2) is 9.17. The number of hydrogen-bond donors (Lipinski definition) is 2. The number of carbonyl (C=O) groups excluding carboxylic acids is 3. The smallest absolute Gasteiger partial charge is 0.326 e. The van der Waals surface area contributed by atoms with Gasteiger partial charge < -0.3 is 15.4 Å². The summed E-state index contributed by atoms with van der Waals surface area (Å²) >= 11 is 11.6. The van der Waals surface area contributed by atoms with Gasteiger partial charge in [-0.2, -0.15) is 0 Å². The second-order valence-corrected chi connectivity index (χ2v) is 6.05. The highest BCUT2D eigenvalue weighted by Gasteiger charge is 2.19. The summed E-state index contributed by atoms with van der Waals surface area (Å²) in [5.74, 6) is -1.88. The molecular formula is C17H15Cl2N3O4. The van der Waals surface area contributed by atoms with E-state index in [0.717, 1.165) is 0 Å². The second-order valence-electron chi connectivity index (χ2n) is 5.17. The van der Waals surface area contributed by atoms with E-state index in [0.29, 0.717) is 15.7 Å². The van der Waals surface area contributed by atoms with Crippen molar-refractivity contribution in [2.45, 2.75) is 13.0 Å². The number of esters is 1. The molecule has 136 valence electrons. The van der Waals surface area contributed by atoms with Crippen LogP contribution in [0.1, 0.15) is 17.4 Å². The van der Waals surface area contributed by atoms with Crippen LogP contribution in [0.4, 0.5) is 5.69 Å². The quantitative estimate of drug-likeness (QED) is 0.732. The fourth-order valence-corrected chi connectivity index (χ4v) is 2.22. The molecule has 0 fully saturated rings. The Morgan fingerprint density at radius 3 is 2.58 bits per heavy atom. The first-order valence-corrected chi connectivity index (χ1v) is 8.26. The molecule has 0 unspecified atom stereocenters. The van der Waals surface area contributed by atoms with Gasteiger partial charge in [0, 0.05) is 21.9 Å². The van der Waals surface area contributed by atoms with Crippen molar-refractivity contribution in [3.05, 3.63) is 58.3 Å². The third-order valence-corrected chi connectivity index (χ3v) is 3.59. The summed E-state index contributed by atoms with van der Waals surface area (Å²) in [6, 6.07) is 9.44. The average Bonchev–Trinajstić information content (AvgIpc) is 2.59. The molecule has 2 amide bonds. The van der Waals surface area contributed by atoms with Crippen LogP contribution in [-0.2, 0) is 14.3 Å². The van der Waals surface area contributed by atoms with Gasteiger partial charge in [-0.25, -0.2) is 0 Å². The Morgan fingerprint density at radius 1 is 1.15 bits per heavy atom. The zero-order chi connectivity index (χ0) is 19.1. The van der Waals surface area contributed by atoms with Crippen molar-refractivity contribution in [1.82, 2.24) is 10.3 Å². The predicted molar refractivity (Wildman–Crippen MR) is 97.2 cm³/mol. The Labute approximate surface area is 159 Å².